The minimum Gasteiger partial charge on any atom is -0.465 e. The minimum absolute atomic E-state index is 0.355. The van der Waals surface area contributed by atoms with Crippen molar-refractivity contribution in [3.8, 4) is 0 Å². The van der Waals surface area contributed by atoms with Crippen LogP contribution in [0.2, 0.25) is 0 Å². The van der Waals surface area contributed by atoms with Crippen molar-refractivity contribution in [1.82, 2.24) is 9.78 Å². The number of ether oxygens (including phenoxy) is 2. The van der Waals surface area contributed by atoms with Crippen molar-refractivity contribution < 1.29 is 19.1 Å². The molecule has 0 N–H and O–H groups in total. The fourth-order valence-electron chi connectivity index (χ4n) is 3.74. The zero-order valence-electron chi connectivity index (χ0n) is 18.8. The van der Waals surface area contributed by atoms with Gasteiger partial charge >= 0.3 is 11.9 Å². The van der Waals surface area contributed by atoms with Crippen LogP contribution in [-0.4, -0.2) is 35.9 Å². The van der Waals surface area contributed by atoms with Crippen LogP contribution in [-0.2, 0) is 29.6 Å². The van der Waals surface area contributed by atoms with Crippen molar-refractivity contribution in [3.05, 3.63) is 95.2 Å². The van der Waals surface area contributed by atoms with E-state index in [1.165, 1.54) is 14.2 Å². The normalized spacial score (nSPS) is 10.8. The molecule has 0 aliphatic rings. The Morgan fingerprint density at radius 1 is 0.818 bits per heavy atom. The fourth-order valence-corrected chi connectivity index (χ4v) is 3.74. The monoisotopic (exact) mass is 443 g/mol. The molecule has 0 aliphatic carbocycles. The van der Waals surface area contributed by atoms with Gasteiger partial charge in [0, 0.05) is 37.4 Å². The first kappa shape index (κ1) is 22.1. The molecule has 0 radical (unpaired) electrons. The van der Waals surface area contributed by atoms with E-state index in [-0.39, 0.29) is 11.9 Å². The molecule has 3 aromatic carbocycles. The van der Waals surface area contributed by atoms with E-state index in [1.807, 2.05) is 43.6 Å². The number of carbonyl (C=O) groups excluding carboxylic acids is 2. The summed E-state index contributed by atoms with van der Waals surface area (Å²) in [6.07, 6.45) is 1.99. The number of nitrogens with zero attached hydrogens (tertiary/aromatic N) is 3. The Kier molecular flexibility index (Phi) is 6.40. The van der Waals surface area contributed by atoms with Crippen LogP contribution in [0.25, 0.3) is 10.9 Å². The smallest absolute Gasteiger partial charge is 0.337 e. The van der Waals surface area contributed by atoms with Gasteiger partial charge in [0.1, 0.15) is 0 Å². The Bertz CT molecular complexity index is 1220. The number of hydrogen-bond donors (Lipinski definition) is 0. The van der Waals surface area contributed by atoms with Crippen molar-refractivity contribution in [2.24, 2.45) is 7.05 Å². The fraction of sp³-hybridized carbons (Fsp3) is 0.192. The predicted molar refractivity (Wildman–Crippen MR) is 126 cm³/mol. The largest absolute Gasteiger partial charge is 0.465 e. The standard InChI is InChI=1S/C26H25N3O4/c1-28-17-22-14-23(12-13-24(22)27-28)29(15-18-4-8-20(9-5-18)25(30)32-2)16-19-6-10-21(11-7-19)26(31)33-3/h4-14,17H,15-16H2,1-3H3. The van der Waals surface area contributed by atoms with Crippen LogP contribution in [0.4, 0.5) is 5.69 Å². The highest BCUT2D eigenvalue weighted by Crippen LogP contribution is 2.25. The number of aromatic nitrogens is 2. The van der Waals surface area contributed by atoms with Gasteiger partial charge in [-0.05, 0) is 53.6 Å². The maximum atomic E-state index is 11.8. The van der Waals surface area contributed by atoms with Crippen molar-refractivity contribution in [2.45, 2.75) is 13.1 Å². The zero-order valence-corrected chi connectivity index (χ0v) is 18.8. The first-order valence-corrected chi connectivity index (χ1v) is 10.5. The SMILES string of the molecule is COC(=O)c1ccc(CN(Cc2ccc(C(=O)OC)cc2)c2ccc3nn(C)cc3c2)cc1. The van der Waals surface area contributed by atoms with Gasteiger partial charge in [-0.1, -0.05) is 24.3 Å². The lowest BCUT2D eigenvalue weighted by Gasteiger charge is -2.25. The van der Waals surface area contributed by atoms with E-state index in [4.69, 9.17) is 9.47 Å². The lowest BCUT2D eigenvalue weighted by molar-refractivity contribution is 0.0592. The van der Waals surface area contributed by atoms with Crippen molar-refractivity contribution in [1.29, 1.82) is 0 Å². The Morgan fingerprint density at radius 2 is 1.33 bits per heavy atom. The van der Waals surface area contributed by atoms with Gasteiger partial charge in [-0.25, -0.2) is 9.59 Å². The van der Waals surface area contributed by atoms with E-state index in [9.17, 15) is 9.59 Å². The van der Waals surface area contributed by atoms with Crippen LogP contribution in [0.3, 0.4) is 0 Å². The Hall–Kier alpha value is -4.13. The number of esters is 2. The van der Waals surface area contributed by atoms with Crippen LogP contribution in [0.5, 0.6) is 0 Å². The summed E-state index contributed by atoms with van der Waals surface area (Å²) in [5, 5.41) is 5.52. The summed E-state index contributed by atoms with van der Waals surface area (Å²) < 4.78 is 11.4. The summed E-state index contributed by atoms with van der Waals surface area (Å²) in [7, 11) is 4.65. The quantitative estimate of drug-likeness (QED) is 0.395. The lowest BCUT2D eigenvalue weighted by atomic mass is 10.1. The maximum Gasteiger partial charge on any atom is 0.337 e. The number of fused-ring (bicyclic) bond motifs is 1. The van der Waals surface area contributed by atoms with Crippen molar-refractivity contribution in [3.63, 3.8) is 0 Å². The first-order chi connectivity index (χ1) is 16.0. The van der Waals surface area contributed by atoms with Crippen LogP contribution < -0.4 is 4.90 Å². The third-order valence-electron chi connectivity index (χ3n) is 5.46. The summed E-state index contributed by atoms with van der Waals surface area (Å²) in [5.41, 5.74) is 5.13. The molecule has 1 heterocycles. The summed E-state index contributed by atoms with van der Waals surface area (Å²) in [5.74, 6) is -0.711. The van der Waals surface area contributed by atoms with Gasteiger partial charge in [0.2, 0.25) is 0 Å². The molecule has 4 aromatic rings. The second kappa shape index (κ2) is 9.56. The van der Waals surface area contributed by atoms with Gasteiger partial charge in [0.05, 0.1) is 30.9 Å². The molecule has 33 heavy (non-hydrogen) atoms. The number of benzene rings is 3. The molecule has 0 unspecified atom stereocenters. The van der Waals surface area contributed by atoms with E-state index in [0.29, 0.717) is 24.2 Å². The predicted octanol–water partition coefficient (Wildman–Crippen LogP) is 4.35. The number of rotatable bonds is 7. The van der Waals surface area contributed by atoms with E-state index >= 15 is 0 Å². The average Bonchev–Trinajstić information content (AvgIpc) is 3.22. The van der Waals surface area contributed by atoms with Gasteiger partial charge in [-0.15, -0.1) is 0 Å². The maximum absolute atomic E-state index is 11.8. The van der Waals surface area contributed by atoms with Crippen LogP contribution in [0, 0.1) is 0 Å². The highest BCUT2D eigenvalue weighted by Gasteiger charge is 2.13. The van der Waals surface area contributed by atoms with Crippen molar-refractivity contribution >= 4 is 28.5 Å². The average molecular weight is 444 g/mol. The molecule has 0 amide bonds. The number of hydrogen-bond acceptors (Lipinski definition) is 6. The van der Waals surface area contributed by atoms with Crippen LogP contribution in [0.15, 0.2) is 72.9 Å². The highest BCUT2D eigenvalue weighted by molar-refractivity contribution is 5.89. The molecule has 0 spiro atoms. The van der Waals surface area contributed by atoms with E-state index in [0.717, 1.165) is 27.7 Å². The molecule has 0 saturated carbocycles. The van der Waals surface area contributed by atoms with Gasteiger partial charge < -0.3 is 14.4 Å². The van der Waals surface area contributed by atoms with Crippen LogP contribution in [0.1, 0.15) is 31.8 Å². The molecular formula is C26H25N3O4. The summed E-state index contributed by atoms with van der Waals surface area (Å²) in [6.45, 7) is 1.26. The Labute approximate surface area is 192 Å². The number of aryl methyl sites for hydroxylation is 1. The molecule has 0 saturated heterocycles. The lowest BCUT2D eigenvalue weighted by Crippen LogP contribution is -2.22. The molecular weight excluding hydrogens is 418 g/mol. The van der Waals surface area contributed by atoms with E-state index in [2.05, 4.69) is 22.1 Å². The first-order valence-electron chi connectivity index (χ1n) is 10.5. The second-order valence-corrected chi connectivity index (χ2v) is 7.78. The molecule has 0 fully saturated rings. The summed E-state index contributed by atoms with van der Waals surface area (Å²) in [6, 6.07) is 21.0. The summed E-state index contributed by atoms with van der Waals surface area (Å²) >= 11 is 0. The molecule has 0 aliphatic heterocycles. The number of anilines is 1. The molecule has 7 heteroatoms. The van der Waals surface area contributed by atoms with Crippen LogP contribution >= 0.6 is 0 Å². The van der Waals surface area contributed by atoms with Crippen molar-refractivity contribution in [2.75, 3.05) is 19.1 Å². The summed E-state index contributed by atoms with van der Waals surface area (Å²) in [4.78, 5) is 25.8. The van der Waals surface area contributed by atoms with E-state index < -0.39 is 0 Å². The number of methoxy groups -OCH3 is 2. The Balaban J connectivity index is 1.63. The molecule has 0 atom stereocenters. The second-order valence-electron chi connectivity index (χ2n) is 7.78. The molecule has 168 valence electrons. The van der Waals surface area contributed by atoms with Gasteiger partial charge in [-0.3, -0.25) is 4.68 Å². The molecule has 0 bridgehead atoms. The number of carbonyl (C=O) groups is 2. The van der Waals surface area contributed by atoms with Gasteiger partial charge in [-0.2, -0.15) is 5.10 Å². The highest BCUT2D eigenvalue weighted by atomic mass is 16.5. The third-order valence-corrected chi connectivity index (χ3v) is 5.46. The molecule has 1 aromatic heterocycles. The van der Waals surface area contributed by atoms with Gasteiger partial charge in [0.25, 0.3) is 0 Å². The molecule has 4 rings (SSSR count). The Morgan fingerprint density at radius 3 is 1.82 bits per heavy atom. The minimum atomic E-state index is -0.355. The zero-order chi connectivity index (χ0) is 23.4. The topological polar surface area (TPSA) is 73.7 Å². The molecule has 7 nitrogen and oxygen atoms in total. The van der Waals surface area contributed by atoms with Gasteiger partial charge in [0.15, 0.2) is 0 Å². The third kappa shape index (κ3) is 5.03. The van der Waals surface area contributed by atoms with E-state index in [1.54, 1.807) is 28.9 Å².